The van der Waals surface area contributed by atoms with Crippen LogP contribution in [0.1, 0.15) is 38.8 Å². The van der Waals surface area contributed by atoms with Crippen molar-refractivity contribution in [1.29, 1.82) is 0 Å². The van der Waals surface area contributed by atoms with E-state index in [1.165, 1.54) is 11.1 Å². The van der Waals surface area contributed by atoms with Crippen LogP contribution < -0.4 is 51.4 Å². The number of terminal acetylenes is 1. The fraction of sp³-hybridized carbons (Fsp3) is 0.467. The Hall–Kier alpha value is -0.747. The van der Waals surface area contributed by atoms with E-state index in [0.717, 1.165) is 7.11 Å². The quantitative estimate of drug-likeness (QED) is 0.415. The van der Waals surface area contributed by atoms with Gasteiger partial charge in [-0.2, -0.15) is 0 Å². The second-order valence-electron chi connectivity index (χ2n) is 10.4. The van der Waals surface area contributed by atoms with Gasteiger partial charge in [0.1, 0.15) is 8.07 Å². The smallest absolute Gasteiger partial charge is 0.870 e. The third-order valence-corrected chi connectivity index (χ3v) is 5.19. The largest absolute Gasteiger partial charge is 1.00 e. The molecule has 0 fully saturated rings. The molecule has 2 aromatic carbocycles. The van der Waals surface area contributed by atoms with Crippen LogP contribution >= 0.6 is 0 Å². The number of hydrogen-bond donors (Lipinski definition) is 1. The monoisotopic (exact) mass is 536 g/mol. The predicted octanol–water partition coefficient (Wildman–Crippen LogP) is 3.41. The van der Waals surface area contributed by atoms with Crippen LogP contribution in [-0.4, -0.2) is 39.0 Å². The molecule has 0 heterocycles. The van der Waals surface area contributed by atoms with Gasteiger partial charge in [0.05, 0.1) is 26.4 Å². The zero-order valence-electron chi connectivity index (χ0n) is 23.9. The maximum atomic E-state index is 7.00. The van der Waals surface area contributed by atoms with E-state index in [1.54, 1.807) is 0 Å². The van der Waals surface area contributed by atoms with Crippen LogP contribution in [0.4, 0.5) is 0 Å². The first kappa shape index (κ1) is 39.8. The first-order valence-electron chi connectivity index (χ1n) is 11.6. The van der Waals surface area contributed by atoms with Crippen molar-refractivity contribution in [1.82, 2.24) is 0 Å². The van der Waals surface area contributed by atoms with E-state index in [2.05, 4.69) is 63.0 Å². The third kappa shape index (κ3) is 22.5. The molecule has 194 valence electrons. The van der Waals surface area contributed by atoms with Crippen molar-refractivity contribution in [2.75, 3.05) is 20.3 Å². The number of aliphatic hydroxyl groups excluding tert-OH is 1. The summed E-state index contributed by atoms with van der Waals surface area (Å²) in [4.78, 5) is 0. The SMILES string of the molecule is C#CC(C)(C)COCc1ccccc1.CC(C)(C#C[Si](C)(C)C)COCc1ccccc1.CO.[K+].[OH-]. The van der Waals surface area contributed by atoms with E-state index in [4.69, 9.17) is 21.0 Å². The summed E-state index contributed by atoms with van der Waals surface area (Å²) in [5, 5.41) is 7.00. The van der Waals surface area contributed by atoms with Crippen molar-refractivity contribution in [3.63, 3.8) is 0 Å². The molecule has 0 amide bonds. The molecule has 0 radical (unpaired) electrons. The van der Waals surface area contributed by atoms with Gasteiger partial charge >= 0.3 is 51.4 Å². The van der Waals surface area contributed by atoms with Crippen molar-refractivity contribution in [2.24, 2.45) is 10.8 Å². The summed E-state index contributed by atoms with van der Waals surface area (Å²) < 4.78 is 11.3. The Morgan fingerprint density at radius 3 is 1.44 bits per heavy atom. The maximum Gasteiger partial charge on any atom is 1.00 e. The van der Waals surface area contributed by atoms with E-state index in [1.807, 2.05) is 62.4 Å². The van der Waals surface area contributed by atoms with Gasteiger partial charge in [-0.15, -0.1) is 17.9 Å². The molecule has 6 heteroatoms. The molecule has 0 bridgehead atoms. The molecular weight excluding hydrogens is 492 g/mol. The first-order valence-corrected chi connectivity index (χ1v) is 15.1. The minimum Gasteiger partial charge on any atom is -0.870 e. The summed E-state index contributed by atoms with van der Waals surface area (Å²) in [5.41, 5.74) is 5.58. The van der Waals surface area contributed by atoms with Gasteiger partial charge < -0.3 is 20.1 Å². The topological polar surface area (TPSA) is 68.7 Å². The Bertz CT molecular complexity index is 890. The number of rotatable bonds is 8. The Morgan fingerprint density at radius 2 is 1.11 bits per heavy atom. The van der Waals surface area contributed by atoms with E-state index < -0.39 is 8.07 Å². The second-order valence-corrected chi connectivity index (χ2v) is 15.1. The number of benzene rings is 2. The predicted molar refractivity (Wildman–Crippen MR) is 150 cm³/mol. The van der Waals surface area contributed by atoms with E-state index in [9.17, 15) is 0 Å². The molecule has 0 aliphatic heterocycles. The second kappa shape index (κ2) is 21.2. The molecule has 0 aromatic heterocycles. The Labute approximate surface area is 264 Å². The minimum atomic E-state index is -1.29. The molecule has 0 saturated carbocycles. The molecule has 36 heavy (non-hydrogen) atoms. The summed E-state index contributed by atoms with van der Waals surface area (Å²) in [7, 11) is -0.287. The van der Waals surface area contributed by atoms with Crippen LogP contribution in [-0.2, 0) is 22.7 Å². The third-order valence-electron chi connectivity index (χ3n) is 4.32. The molecule has 0 atom stereocenters. The van der Waals surface area contributed by atoms with Gasteiger partial charge in [-0.1, -0.05) is 86.2 Å². The van der Waals surface area contributed by atoms with Crippen LogP contribution in [0.2, 0.25) is 19.6 Å². The van der Waals surface area contributed by atoms with Crippen molar-refractivity contribution in [3.8, 4) is 23.8 Å². The Morgan fingerprint density at radius 1 is 0.750 bits per heavy atom. The van der Waals surface area contributed by atoms with E-state index >= 15 is 0 Å². The Balaban J connectivity index is -0.000000550. The summed E-state index contributed by atoms with van der Waals surface area (Å²) in [6, 6.07) is 20.4. The fourth-order valence-electron chi connectivity index (χ4n) is 2.43. The molecule has 0 aliphatic carbocycles. The standard InChI is InChI=1S/C16H24OSi.C13H16O.CH4O.K.H2O/c1-16(2,11-12-18(3,4)5)14-17-13-15-9-7-6-8-10-15;1-4-13(2,3)11-14-10-12-8-6-5-7-9-12;1-2;;/h6-10H,13-14H2,1-5H3;1,5-9H,10-11H2,2-3H3;2H,1H3;;1H2/q;;;+1;/p-1. The van der Waals surface area contributed by atoms with E-state index in [-0.39, 0.29) is 67.7 Å². The van der Waals surface area contributed by atoms with Gasteiger partial charge in [0.2, 0.25) is 0 Å². The number of ether oxygens (including phenoxy) is 2. The van der Waals surface area contributed by atoms with Crippen LogP contribution in [0.3, 0.4) is 0 Å². The van der Waals surface area contributed by atoms with E-state index in [0.29, 0.717) is 26.4 Å². The molecule has 2 N–H and O–H groups in total. The van der Waals surface area contributed by atoms with Crippen molar-refractivity contribution < 1.29 is 71.4 Å². The molecule has 0 unspecified atom stereocenters. The summed E-state index contributed by atoms with van der Waals surface area (Å²) in [5.74, 6) is 6.07. The van der Waals surface area contributed by atoms with Crippen molar-refractivity contribution in [2.45, 2.75) is 60.5 Å². The first-order chi connectivity index (χ1) is 15.9. The van der Waals surface area contributed by atoms with Gasteiger partial charge in [0, 0.05) is 17.9 Å². The summed E-state index contributed by atoms with van der Waals surface area (Å²) in [6.07, 6.45) is 5.36. The molecule has 0 spiro atoms. The molecular formula is C30H45KO4Si. The summed E-state index contributed by atoms with van der Waals surface area (Å²) >= 11 is 0. The average molecular weight is 537 g/mol. The normalized spacial score (nSPS) is 10.3. The van der Waals surface area contributed by atoms with Crippen LogP contribution in [0.25, 0.3) is 0 Å². The van der Waals surface area contributed by atoms with Crippen LogP contribution in [0.15, 0.2) is 60.7 Å². The van der Waals surface area contributed by atoms with Crippen molar-refractivity contribution >= 4 is 8.07 Å². The van der Waals surface area contributed by atoms with Gasteiger partial charge in [0.25, 0.3) is 0 Å². The zero-order valence-corrected chi connectivity index (χ0v) is 28.0. The maximum absolute atomic E-state index is 7.00. The van der Waals surface area contributed by atoms with Crippen molar-refractivity contribution in [3.05, 3.63) is 71.8 Å². The molecule has 2 aromatic rings. The van der Waals surface area contributed by atoms with Gasteiger partial charge in [-0.3, -0.25) is 0 Å². The fourth-order valence-corrected chi connectivity index (χ4v) is 3.14. The Kier molecular flexibility index (Phi) is 23.4. The average Bonchev–Trinajstić information content (AvgIpc) is 2.80. The molecule has 4 nitrogen and oxygen atoms in total. The van der Waals surface area contributed by atoms with Crippen LogP contribution in [0, 0.1) is 34.6 Å². The minimum absolute atomic E-state index is 0. The van der Waals surface area contributed by atoms with Gasteiger partial charge in [-0.05, 0) is 38.8 Å². The van der Waals surface area contributed by atoms with Gasteiger partial charge in [0.15, 0.2) is 0 Å². The molecule has 0 saturated heterocycles. The van der Waals surface area contributed by atoms with Gasteiger partial charge in [-0.25, -0.2) is 0 Å². The molecule has 0 aliphatic rings. The molecule has 2 rings (SSSR count). The van der Waals surface area contributed by atoms with Crippen LogP contribution in [0.5, 0.6) is 0 Å². The number of hydrogen-bond acceptors (Lipinski definition) is 4. The number of aliphatic hydroxyl groups is 1. The summed E-state index contributed by atoms with van der Waals surface area (Å²) in [6.45, 7) is 17.7. The zero-order chi connectivity index (χ0) is 26.1.